The van der Waals surface area contributed by atoms with Crippen LogP contribution in [-0.4, -0.2) is 38.0 Å². The quantitative estimate of drug-likeness (QED) is 0.667. The molecule has 0 unspecified atom stereocenters. The molecule has 1 fully saturated rings. The standard InChI is InChI=1S/C16H21FN2O5S/c17-13-3-1-2-4-14(13)25(23,24)18-10-9-15(20)19-12-7-5-11(6-8-12)16(21)22/h1-4,11-12,18H,5-10H2,(H,19,20)(H,21,22). The molecule has 0 aliphatic heterocycles. The average molecular weight is 372 g/mol. The third-order valence-corrected chi connectivity index (χ3v) is 5.71. The van der Waals surface area contributed by atoms with E-state index in [1.807, 2.05) is 0 Å². The van der Waals surface area contributed by atoms with Crippen molar-refractivity contribution < 1.29 is 27.5 Å². The number of sulfonamides is 1. The van der Waals surface area contributed by atoms with E-state index in [4.69, 9.17) is 5.11 Å². The van der Waals surface area contributed by atoms with Gasteiger partial charge in [-0.05, 0) is 37.8 Å². The van der Waals surface area contributed by atoms with E-state index >= 15 is 0 Å². The minimum absolute atomic E-state index is 0.0768. The molecular formula is C16H21FN2O5S. The van der Waals surface area contributed by atoms with Crippen LogP contribution in [0.25, 0.3) is 0 Å². The predicted octanol–water partition coefficient (Wildman–Crippen LogP) is 1.25. The number of hydrogen-bond acceptors (Lipinski definition) is 4. The molecule has 7 nitrogen and oxygen atoms in total. The lowest BCUT2D eigenvalue weighted by atomic mass is 9.86. The van der Waals surface area contributed by atoms with Crippen molar-refractivity contribution >= 4 is 21.9 Å². The molecule has 0 radical (unpaired) electrons. The maximum Gasteiger partial charge on any atom is 0.306 e. The second-order valence-electron chi connectivity index (χ2n) is 6.03. The van der Waals surface area contributed by atoms with Gasteiger partial charge in [0.2, 0.25) is 15.9 Å². The Morgan fingerprint density at radius 2 is 1.80 bits per heavy atom. The van der Waals surface area contributed by atoms with Gasteiger partial charge in [-0.15, -0.1) is 0 Å². The molecule has 25 heavy (non-hydrogen) atoms. The topological polar surface area (TPSA) is 113 Å². The summed E-state index contributed by atoms with van der Waals surface area (Å²) in [7, 11) is -4.01. The molecule has 0 aromatic heterocycles. The van der Waals surface area contributed by atoms with Gasteiger partial charge < -0.3 is 10.4 Å². The Balaban J connectivity index is 1.76. The fourth-order valence-electron chi connectivity index (χ4n) is 2.82. The van der Waals surface area contributed by atoms with Gasteiger partial charge in [0.05, 0.1) is 5.92 Å². The van der Waals surface area contributed by atoms with Crippen molar-refractivity contribution in [2.45, 2.75) is 43.0 Å². The first-order valence-electron chi connectivity index (χ1n) is 8.06. The summed E-state index contributed by atoms with van der Waals surface area (Å²) in [5.74, 6) is -2.35. The fourth-order valence-corrected chi connectivity index (χ4v) is 3.93. The van der Waals surface area contributed by atoms with E-state index in [2.05, 4.69) is 10.0 Å². The van der Waals surface area contributed by atoms with E-state index in [9.17, 15) is 22.4 Å². The summed E-state index contributed by atoms with van der Waals surface area (Å²) in [6, 6.07) is 4.91. The SMILES string of the molecule is O=C(CCNS(=O)(=O)c1ccccc1F)NC1CCC(C(=O)O)CC1. The van der Waals surface area contributed by atoms with Gasteiger partial charge in [-0.3, -0.25) is 9.59 Å². The molecule has 0 atom stereocenters. The molecule has 0 saturated heterocycles. The number of aliphatic carboxylic acids is 1. The maximum absolute atomic E-state index is 13.5. The van der Waals surface area contributed by atoms with Crippen LogP contribution in [0.2, 0.25) is 0 Å². The van der Waals surface area contributed by atoms with Gasteiger partial charge in [0.15, 0.2) is 0 Å². The molecule has 1 saturated carbocycles. The number of carboxylic acids is 1. The Labute approximate surface area is 145 Å². The highest BCUT2D eigenvalue weighted by Crippen LogP contribution is 2.24. The number of amides is 1. The Kier molecular flexibility index (Phi) is 6.49. The van der Waals surface area contributed by atoms with E-state index in [0.717, 1.165) is 12.1 Å². The van der Waals surface area contributed by atoms with Crippen molar-refractivity contribution in [2.24, 2.45) is 5.92 Å². The van der Waals surface area contributed by atoms with Crippen LogP contribution in [0.4, 0.5) is 4.39 Å². The van der Waals surface area contributed by atoms with E-state index in [-0.39, 0.29) is 30.8 Å². The van der Waals surface area contributed by atoms with E-state index in [1.165, 1.54) is 12.1 Å². The lowest BCUT2D eigenvalue weighted by Crippen LogP contribution is -2.40. The summed E-state index contributed by atoms with van der Waals surface area (Å²) in [4.78, 5) is 22.3. The molecule has 1 aromatic carbocycles. The first kappa shape index (κ1) is 19.3. The molecule has 9 heteroatoms. The maximum atomic E-state index is 13.5. The average Bonchev–Trinajstić information content (AvgIpc) is 2.55. The van der Waals surface area contributed by atoms with Crippen molar-refractivity contribution in [3.8, 4) is 0 Å². The van der Waals surface area contributed by atoms with Gasteiger partial charge >= 0.3 is 5.97 Å². The van der Waals surface area contributed by atoms with Gasteiger partial charge in [0.25, 0.3) is 0 Å². The van der Waals surface area contributed by atoms with Crippen LogP contribution in [0.3, 0.4) is 0 Å². The predicted molar refractivity (Wildman–Crippen MR) is 87.7 cm³/mol. The smallest absolute Gasteiger partial charge is 0.306 e. The second-order valence-corrected chi connectivity index (χ2v) is 7.77. The molecule has 0 heterocycles. The third-order valence-electron chi connectivity index (χ3n) is 4.21. The normalized spacial score (nSPS) is 20.8. The largest absolute Gasteiger partial charge is 0.481 e. The highest BCUT2D eigenvalue weighted by molar-refractivity contribution is 7.89. The van der Waals surface area contributed by atoms with Gasteiger partial charge in [-0.1, -0.05) is 12.1 Å². The van der Waals surface area contributed by atoms with Gasteiger partial charge in [0.1, 0.15) is 10.7 Å². The zero-order valence-electron chi connectivity index (χ0n) is 13.6. The number of carboxylic acid groups (broad SMARTS) is 1. The van der Waals surface area contributed by atoms with Crippen molar-refractivity contribution in [3.05, 3.63) is 30.1 Å². The Morgan fingerprint density at radius 3 is 2.40 bits per heavy atom. The van der Waals surface area contributed by atoms with Crippen molar-refractivity contribution in [1.29, 1.82) is 0 Å². The van der Waals surface area contributed by atoms with Gasteiger partial charge in [0, 0.05) is 19.0 Å². The Morgan fingerprint density at radius 1 is 1.16 bits per heavy atom. The van der Waals surface area contributed by atoms with Gasteiger partial charge in [-0.25, -0.2) is 17.5 Å². The van der Waals surface area contributed by atoms with E-state index in [0.29, 0.717) is 25.7 Å². The van der Waals surface area contributed by atoms with Crippen molar-refractivity contribution in [2.75, 3.05) is 6.54 Å². The van der Waals surface area contributed by atoms with Crippen molar-refractivity contribution in [3.63, 3.8) is 0 Å². The summed E-state index contributed by atoms with van der Waals surface area (Å²) in [6.07, 6.45) is 2.13. The van der Waals surface area contributed by atoms with Crippen LogP contribution < -0.4 is 10.0 Å². The van der Waals surface area contributed by atoms with Gasteiger partial charge in [-0.2, -0.15) is 0 Å². The number of carbonyl (C=O) groups excluding carboxylic acids is 1. The van der Waals surface area contributed by atoms with Crippen LogP contribution >= 0.6 is 0 Å². The summed E-state index contributed by atoms with van der Waals surface area (Å²) >= 11 is 0. The Bertz CT molecular complexity index is 730. The second kappa shape index (κ2) is 8.39. The highest BCUT2D eigenvalue weighted by Gasteiger charge is 2.26. The molecular weight excluding hydrogens is 351 g/mol. The number of nitrogens with one attached hydrogen (secondary N) is 2. The lowest BCUT2D eigenvalue weighted by molar-refractivity contribution is -0.142. The minimum Gasteiger partial charge on any atom is -0.481 e. The number of benzene rings is 1. The van der Waals surface area contributed by atoms with E-state index in [1.54, 1.807) is 0 Å². The fraction of sp³-hybridized carbons (Fsp3) is 0.500. The molecule has 0 bridgehead atoms. The number of rotatable bonds is 7. The number of hydrogen-bond donors (Lipinski definition) is 3. The Hall–Kier alpha value is -2.00. The summed E-state index contributed by atoms with van der Waals surface area (Å²) in [5.41, 5.74) is 0. The first-order valence-corrected chi connectivity index (χ1v) is 9.54. The zero-order valence-corrected chi connectivity index (χ0v) is 14.4. The van der Waals surface area contributed by atoms with Crippen LogP contribution in [-0.2, 0) is 19.6 Å². The molecule has 3 N–H and O–H groups in total. The molecule has 1 aromatic rings. The zero-order chi connectivity index (χ0) is 18.4. The first-order chi connectivity index (χ1) is 11.8. The number of carbonyl (C=O) groups is 2. The molecule has 138 valence electrons. The molecule has 1 amide bonds. The van der Waals surface area contributed by atoms with E-state index < -0.39 is 26.7 Å². The minimum atomic E-state index is -4.01. The van der Waals surface area contributed by atoms with Crippen molar-refractivity contribution in [1.82, 2.24) is 10.0 Å². The van der Waals surface area contributed by atoms with Crippen LogP contribution in [0, 0.1) is 11.7 Å². The molecule has 0 spiro atoms. The molecule has 1 aliphatic rings. The third kappa shape index (κ3) is 5.50. The van der Waals surface area contributed by atoms with Crippen LogP contribution in [0.1, 0.15) is 32.1 Å². The molecule has 1 aliphatic carbocycles. The highest BCUT2D eigenvalue weighted by atomic mass is 32.2. The summed E-state index contributed by atoms with van der Waals surface area (Å²) in [6.45, 7) is -0.146. The molecule has 2 rings (SSSR count). The monoisotopic (exact) mass is 372 g/mol. The number of halogens is 1. The van der Waals surface area contributed by atoms with Crippen LogP contribution in [0.5, 0.6) is 0 Å². The van der Waals surface area contributed by atoms with Crippen LogP contribution in [0.15, 0.2) is 29.2 Å². The lowest BCUT2D eigenvalue weighted by Gasteiger charge is -2.26. The summed E-state index contributed by atoms with van der Waals surface area (Å²) < 4.78 is 39.7. The summed E-state index contributed by atoms with van der Waals surface area (Å²) in [5, 5.41) is 11.7.